The molecule has 0 aliphatic carbocycles. The molecular weight excluding hydrogens is 295 g/mol. The Hall–Kier alpha value is -2.40. The number of nitrogens with zero attached hydrogens (tertiary/aromatic N) is 1. The van der Waals surface area contributed by atoms with Crippen molar-refractivity contribution in [1.29, 1.82) is 0 Å². The molecule has 106 valence electrons. The minimum absolute atomic E-state index is 0.0582. The number of carbonyl (C=O) groups excluding carboxylic acids is 1. The molecule has 6 heteroatoms. The minimum atomic E-state index is -0.705. The number of methoxy groups -OCH3 is 1. The van der Waals surface area contributed by atoms with E-state index < -0.39 is 11.8 Å². The van der Waals surface area contributed by atoms with Crippen molar-refractivity contribution in [1.82, 2.24) is 9.97 Å². The van der Waals surface area contributed by atoms with Crippen LogP contribution in [0.4, 0.5) is 4.39 Å². The van der Waals surface area contributed by atoms with Crippen molar-refractivity contribution < 1.29 is 13.9 Å². The smallest absolute Gasteiger partial charge is 0.358 e. The number of ether oxygens (including phenoxy) is 1. The van der Waals surface area contributed by atoms with Crippen molar-refractivity contribution in [2.24, 2.45) is 0 Å². The molecular formula is C15H10ClFN2O2. The van der Waals surface area contributed by atoms with Crippen LogP contribution in [0.1, 0.15) is 10.5 Å². The molecule has 0 saturated heterocycles. The first-order valence-electron chi connectivity index (χ1n) is 6.12. The lowest BCUT2D eigenvalue weighted by Gasteiger charge is -2.07. The van der Waals surface area contributed by atoms with Crippen LogP contribution >= 0.6 is 11.6 Å². The number of halogens is 2. The van der Waals surface area contributed by atoms with Crippen LogP contribution in [0.2, 0.25) is 5.02 Å². The molecule has 0 atom stereocenters. The van der Waals surface area contributed by atoms with Crippen LogP contribution in [0.25, 0.3) is 22.2 Å². The number of carbonyl (C=O) groups is 1. The molecule has 0 fully saturated rings. The summed E-state index contributed by atoms with van der Waals surface area (Å²) >= 11 is 5.83. The zero-order chi connectivity index (χ0) is 15.0. The van der Waals surface area contributed by atoms with Gasteiger partial charge < -0.3 is 9.72 Å². The second-order valence-corrected chi connectivity index (χ2v) is 4.83. The first-order valence-corrected chi connectivity index (χ1v) is 6.50. The van der Waals surface area contributed by atoms with Crippen molar-refractivity contribution in [3.05, 3.63) is 53.1 Å². The Labute approximate surface area is 124 Å². The lowest BCUT2D eigenvalue weighted by atomic mass is 10.1. The molecule has 0 amide bonds. The summed E-state index contributed by atoms with van der Waals surface area (Å²) in [6.07, 6.45) is 1.79. The van der Waals surface area contributed by atoms with Gasteiger partial charge in [-0.1, -0.05) is 17.7 Å². The Morgan fingerprint density at radius 1 is 1.33 bits per heavy atom. The van der Waals surface area contributed by atoms with E-state index in [1.54, 1.807) is 18.3 Å². The van der Waals surface area contributed by atoms with Crippen molar-refractivity contribution in [3.63, 3.8) is 0 Å². The highest BCUT2D eigenvalue weighted by Gasteiger charge is 2.18. The van der Waals surface area contributed by atoms with E-state index >= 15 is 0 Å². The van der Waals surface area contributed by atoms with Crippen LogP contribution in [-0.2, 0) is 4.74 Å². The Kier molecular flexibility index (Phi) is 3.35. The van der Waals surface area contributed by atoms with Crippen LogP contribution in [-0.4, -0.2) is 23.0 Å². The van der Waals surface area contributed by atoms with Gasteiger partial charge in [0.05, 0.1) is 12.1 Å². The van der Waals surface area contributed by atoms with Gasteiger partial charge in [0.2, 0.25) is 0 Å². The zero-order valence-corrected chi connectivity index (χ0v) is 11.7. The van der Waals surface area contributed by atoms with Gasteiger partial charge in [-0.05, 0) is 24.3 Å². The third-order valence-electron chi connectivity index (χ3n) is 3.13. The first-order chi connectivity index (χ1) is 10.1. The van der Waals surface area contributed by atoms with E-state index in [-0.39, 0.29) is 16.4 Å². The summed E-state index contributed by atoms with van der Waals surface area (Å²) in [5, 5.41) is 0.842. The maximum absolute atomic E-state index is 14.1. The van der Waals surface area contributed by atoms with Gasteiger partial charge in [0, 0.05) is 22.7 Å². The van der Waals surface area contributed by atoms with Gasteiger partial charge in [-0.3, -0.25) is 0 Å². The first kappa shape index (κ1) is 13.6. The summed E-state index contributed by atoms with van der Waals surface area (Å²) in [5.41, 5.74) is 1.44. The van der Waals surface area contributed by atoms with Gasteiger partial charge in [0.25, 0.3) is 0 Å². The quantitative estimate of drug-likeness (QED) is 0.732. The van der Waals surface area contributed by atoms with E-state index in [9.17, 15) is 9.18 Å². The molecule has 0 spiro atoms. The number of H-pyrrole nitrogens is 1. The number of rotatable bonds is 2. The summed E-state index contributed by atoms with van der Waals surface area (Å²) in [5.74, 6) is -1.30. The lowest BCUT2D eigenvalue weighted by molar-refractivity contribution is 0.0594. The number of hydrogen-bond acceptors (Lipinski definition) is 3. The normalized spacial score (nSPS) is 10.8. The minimum Gasteiger partial charge on any atom is -0.464 e. The van der Waals surface area contributed by atoms with Crippen molar-refractivity contribution in [2.75, 3.05) is 7.11 Å². The number of aromatic amines is 1. The van der Waals surface area contributed by atoms with Crippen LogP contribution < -0.4 is 0 Å². The largest absolute Gasteiger partial charge is 0.464 e. The average Bonchev–Trinajstić information content (AvgIpc) is 2.94. The molecule has 1 aromatic carbocycles. The van der Waals surface area contributed by atoms with Crippen LogP contribution in [0.5, 0.6) is 0 Å². The monoisotopic (exact) mass is 304 g/mol. The highest BCUT2D eigenvalue weighted by Crippen LogP contribution is 2.28. The van der Waals surface area contributed by atoms with Gasteiger partial charge >= 0.3 is 5.97 Å². The molecule has 2 aromatic heterocycles. The number of pyridine rings is 1. The molecule has 1 N–H and O–H groups in total. The second kappa shape index (κ2) is 5.18. The fourth-order valence-electron chi connectivity index (χ4n) is 2.11. The molecule has 0 aliphatic rings. The molecule has 2 heterocycles. The molecule has 0 bridgehead atoms. The molecule has 0 unspecified atom stereocenters. The highest BCUT2D eigenvalue weighted by atomic mass is 35.5. The van der Waals surface area contributed by atoms with E-state index in [1.807, 2.05) is 12.1 Å². The van der Waals surface area contributed by atoms with Crippen molar-refractivity contribution in [2.45, 2.75) is 0 Å². The third kappa shape index (κ3) is 2.36. The Balaban J connectivity index is 2.18. The summed E-state index contributed by atoms with van der Waals surface area (Å²) in [6, 6.07) is 8.26. The molecule has 0 aliphatic heterocycles. The number of esters is 1. The summed E-state index contributed by atoms with van der Waals surface area (Å²) in [6.45, 7) is 0. The van der Waals surface area contributed by atoms with E-state index in [2.05, 4.69) is 14.7 Å². The average molecular weight is 305 g/mol. The van der Waals surface area contributed by atoms with Crippen LogP contribution in [0, 0.1) is 5.82 Å². The van der Waals surface area contributed by atoms with Gasteiger partial charge in [0.15, 0.2) is 11.5 Å². The van der Waals surface area contributed by atoms with Gasteiger partial charge in [-0.15, -0.1) is 0 Å². The topological polar surface area (TPSA) is 55.0 Å². The fraction of sp³-hybridized carbons (Fsp3) is 0.0667. The number of benzene rings is 1. The Morgan fingerprint density at radius 3 is 2.90 bits per heavy atom. The van der Waals surface area contributed by atoms with E-state index in [4.69, 9.17) is 11.6 Å². The summed E-state index contributed by atoms with van der Waals surface area (Å²) in [4.78, 5) is 18.7. The van der Waals surface area contributed by atoms with Crippen molar-refractivity contribution in [3.8, 4) is 11.3 Å². The maximum atomic E-state index is 14.1. The molecule has 4 nitrogen and oxygen atoms in total. The van der Waals surface area contributed by atoms with Gasteiger partial charge in [-0.25, -0.2) is 14.2 Å². The third-order valence-corrected chi connectivity index (χ3v) is 3.42. The maximum Gasteiger partial charge on any atom is 0.358 e. The summed E-state index contributed by atoms with van der Waals surface area (Å²) < 4.78 is 18.7. The Bertz CT molecular complexity index is 845. The SMILES string of the molecule is COC(=O)c1nc(-c2ccc3[nH]ccc3c2)c(F)cc1Cl. The number of nitrogens with one attached hydrogen (secondary N) is 1. The number of fused-ring (bicyclic) bond motifs is 1. The second-order valence-electron chi connectivity index (χ2n) is 4.42. The highest BCUT2D eigenvalue weighted by molar-refractivity contribution is 6.33. The summed E-state index contributed by atoms with van der Waals surface area (Å²) in [7, 11) is 1.22. The molecule has 0 radical (unpaired) electrons. The van der Waals surface area contributed by atoms with E-state index in [0.29, 0.717) is 5.56 Å². The Morgan fingerprint density at radius 2 is 2.14 bits per heavy atom. The predicted molar refractivity (Wildman–Crippen MR) is 77.8 cm³/mol. The van der Waals surface area contributed by atoms with Crippen LogP contribution in [0.3, 0.4) is 0 Å². The molecule has 3 rings (SSSR count). The van der Waals surface area contributed by atoms with Gasteiger partial charge in [0.1, 0.15) is 5.69 Å². The number of hydrogen-bond donors (Lipinski definition) is 1. The standard InChI is InChI=1S/C15H10ClFN2O2/c1-21-15(20)14-10(16)7-11(17)13(19-14)9-2-3-12-8(6-9)4-5-18-12/h2-7,18H,1H3. The molecule has 0 saturated carbocycles. The lowest BCUT2D eigenvalue weighted by Crippen LogP contribution is -2.07. The molecule has 21 heavy (non-hydrogen) atoms. The predicted octanol–water partition coefficient (Wildman–Crippen LogP) is 3.81. The van der Waals surface area contributed by atoms with E-state index in [1.165, 1.54) is 7.11 Å². The molecule has 3 aromatic rings. The van der Waals surface area contributed by atoms with Crippen molar-refractivity contribution >= 4 is 28.5 Å². The van der Waals surface area contributed by atoms with Gasteiger partial charge in [-0.2, -0.15) is 0 Å². The van der Waals surface area contributed by atoms with E-state index in [0.717, 1.165) is 17.0 Å². The number of aromatic nitrogens is 2. The van der Waals surface area contributed by atoms with Crippen LogP contribution in [0.15, 0.2) is 36.5 Å². The fourth-order valence-corrected chi connectivity index (χ4v) is 2.32. The zero-order valence-electron chi connectivity index (χ0n) is 11.0.